The second-order valence-electron chi connectivity index (χ2n) is 9.64. The van der Waals surface area contributed by atoms with Crippen molar-refractivity contribution in [2.75, 3.05) is 0 Å². The molecule has 2 aromatic heterocycles. The van der Waals surface area contributed by atoms with Gasteiger partial charge in [0.05, 0.1) is 12.3 Å². The highest BCUT2D eigenvalue weighted by Crippen LogP contribution is 2.27. The Bertz CT molecular complexity index is 902. The third-order valence-electron chi connectivity index (χ3n) is 6.17. The summed E-state index contributed by atoms with van der Waals surface area (Å²) < 4.78 is 7.74. The van der Waals surface area contributed by atoms with Crippen LogP contribution < -0.4 is 4.90 Å². The zero-order valence-corrected chi connectivity index (χ0v) is 18.5. The summed E-state index contributed by atoms with van der Waals surface area (Å²) in [7, 11) is 0. The van der Waals surface area contributed by atoms with Crippen LogP contribution in [0.4, 0.5) is 0 Å². The molecule has 0 bridgehead atoms. The van der Waals surface area contributed by atoms with Gasteiger partial charge < -0.3 is 9.32 Å². The van der Waals surface area contributed by atoms with Crippen molar-refractivity contribution in [3.05, 3.63) is 65.4 Å². The van der Waals surface area contributed by atoms with Crippen LogP contribution in [0.1, 0.15) is 81.6 Å². The molecule has 1 N–H and O–H groups in total. The summed E-state index contributed by atoms with van der Waals surface area (Å²) in [5.41, 5.74) is 2.85. The second kappa shape index (κ2) is 9.13. The molecule has 0 aliphatic heterocycles. The lowest BCUT2D eigenvalue weighted by Crippen LogP contribution is -3.08. The predicted molar refractivity (Wildman–Crippen MR) is 116 cm³/mol. The molecule has 160 valence electrons. The largest absolute Gasteiger partial charge is 0.463 e. The molecule has 0 radical (unpaired) electrons. The maximum absolute atomic E-state index is 5.65. The van der Waals surface area contributed by atoms with Gasteiger partial charge in [-0.3, -0.25) is 0 Å². The summed E-state index contributed by atoms with van der Waals surface area (Å²) in [6.45, 7) is 9.25. The van der Waals surface area contributed by atoms with Gasteiger partial charge in [0.15, 0.2) is 5.76 Å². The first-order valence-corrected chi connectivity index (χ1v) is 11.2. The summed E-state index contributed by atoms with van der Waals surface area (Å²) in [6.07, 6.45) is 7.98. The van der Waals surface area contributed by atoms with E-state index in [2.05, 4.69) is 65.2 Å². The molecule has 6 heteroatoms. The van der Waals surface area contributed by atoms with Gasteiger partial charge >= 0.3 is 0 Å². The molecule has 1 fully saturated rings. The number of hydrogen-bond acceptors (Lipinski definition) is 4. The highest BCUT2D eigenvalue weighted by atomic mass is 16.3. The fraction of sp³-hybridized carbons (Fsp3) is 0.542. The van der Waals surface area contributed by atoms with Crippen molar-refractivity contribution in [1.82, 2.24) is 20.2 Å². The fourth-order valence-electron chi connectivity index (χ4n) is 4.42. The Labute approximate surface area is 179 Å². The molecule has 1 atom stereocenters. The van der Waals surface area contributed by atoms with Crippen molar-refractivity contribution < 1.29 is 9.32 Å². The van der Waals surface area contributed by atoms with Crippen LogP contribution in [0.25, 0.3) is 0 Å². The topological polar surface area (TPSA) is 61.2 Å². The molecule has 4 rings (SSSR count). The van der Waals surface area contributed by atoms with E-state index in [0.29, 0.717) is 6.04 Å². The van der Waals surface area contributed by atoms with Gasteiger partial charge in [-0.2, -0.15) is 0 Å². The van der Waals surface area contributed by atoms with Crippen LogP contribution in [0.15, 0.2) is 47.1 Å². The number of quaternary nitrogens is 1. The number of benzene rings is 1. The smallest absolute Gasteiger partial charge is 0.206 e. The lowest BCUT2D eigenvalue weighted by Gasteiger charge is -2.24. The summed E-state index contributed by atoms with van der Waals surface area (Å²) in [5.74, 6) is 1.97. The van der Waals surface area contributed by atoms with Gasteiger partial charge in [0.2, 0.25) is 5.82 Å². The third kappa shape index (κ3) is 5.17. The Balaban J connectivity index is 1.51. The van der Waals surface area contributed by atoms with Gasteiger partial charge in [-0.05, 0) is 46.4 Å². The van der Waals surface area contributed by atoms with Crippen LogP contribution in [0.5, 0.6) is 0 Å². The van der Waals surface area contributed by atoms with Crippen LogP contribution >= 0.6 is 0 Å². The average molecular weight is 409 g/mol. The van der Waals surface area contributed by atoms with Gasteiger partial charge in [-0.1, -0.05) is 64.3 Å². The first-order valence-electron chi connectivity index (χ1n) is 11.2. The van der Waals surface area contributed by atoms with E-state index in [1.165, 1.54) is 48.1 Å². The highest BCUT2D eigenvalue weighted by molar-refractivity contribution is 5.27. The number of tetrazole rings is 1. The quantitative estimate of drug-likeness (QED) is 0.645. The van der Waals surface area contributed by atoms with Gasteiger partial charge in [0.1, 0.15) is 19.6 Å². The van der Waals surface area contributed by atoms with Crippen molar-refractivity contribution in [2.24, 2.45) is 0 Å². The van der Waals surface area contributed by atoms with E-state index in [0.717, 1.165) is 31.2 Å². The first kappa shape index (κ1) is 20.8. The molecule has 1 aromatic carbocycles. The standard InChI is InChI=1S/C24H33N5O/c1-24(2,3)20-13-11-19(12-14-20)16-28(17-22-10-7-15-30-22)18-23-25-26-27-29(23)21-8-5-4-6-9-21/h7,10-15,21H,4-6,8-9,16-18H2,1-3H3/p+1. The van der Waals surface area contributed by atoms with Gasteiger partial charge in [-0.15, -0.1) is 5.10 Å². The van der Waals surface area contributed by atoms with E-state index in [-0.39, 0.29) is 5.41 Å². The van der Waals surface area contributed by atoms with Gasteiger partial charge in [-0.25, -0.2) is 4.68 Å². The van der Waals surface area contributed by atoms with Gasteiger partial charge in [0, 0.05) is 5.56 Å². The Morgan fingerprint density at radius 1 is 1.00 bits per heavy atom. The van der Waals surface area contributed by atoms with Crippen LogP contribution in [-0.4, -0.2) is 20.2 Å². The van der Waals surface area contributed by atoms with E-state index in [9.17, 15) is 0 Å². The Kier molecular flexibility index (Phi) is 6.32. The Hall–Kier alpha value is -2.47. The Morgan fingerprint density at radius 2 is 1.77 bits per heavy atom. The molecule has 1 aliphatic carbocycles. The minimum absolute atomic E-state index is 0.168. The molecule has 1 unspecified atom stereocenters. The van der Waals surface area contributed by atoms with E-state index in [4.69, 9.17) is 4.42 Å². The molecule has 6 nitrogen and oxygen atoms in total. The van der Waals surface area contributed by atoms with E-state index >= 15 is 0 Å². The monoisotopic (exact) mass is 408 g/mol. The van der Waals surface area contributed by atoms with Crippen molar-refractivity contribution in [2.45, 2.75) is 84.0 Å². The van der Waals surface area contributed by atoms with Crippen LogP contribution in [0, 0.1) is 0 Å². The first-order chi connectivity index (χ1) is 14.5. The lowest BCUT2D eigenvalue weighted by atomic mass is 9.87. The van der Waals surface area contributed by atoms with Gasteiger partial charge in [0.25, 0.3) is 0 Å². The molecule has 2 heterocycles. The van der Waals surface area contributed by atoms with Crippen LogP contribution in [-0.2, 0) is 25.0 Å². The normalized spacial score (nSPS) is 16.6. The van der Waals surface area contributed by atoms with Crippen molar-refractivity contribution in [3.8, 4) is 0 Å². The lowest BCUT2D eigenvalue weighted by molar-refractivity contribution is -0.942. The Morgan fingerprint density at radius 3 is 2.43 bits per heavy atom. The molecule has 1 aliphatic rings. The number of hydrogen-bond donors (Lipinski definition) is 1. The zero-order chi connectivity index (χ0) is 21.0. The molecular weight excluding hydrogens is 374 g/mol. The minimum Gasteiger partial charge on any atom is -0.463 e. The molecule has 0 saturated heterocycles. The number of nitrogens with zero attached hydrogens (tertiary/aromatic N) is 4. The number of aromatic nitrogens is 4. The molecule has 1 saturated carbocycles. The highest BCUT2D eigenvalue weighted by Gasteiger charge is 2.24. The molecular formula is C24H34N5O+. The third-order valence-corrected chi connectivity index (χ3v) is 6.17. The number of rotatable bonds is 7. The van der Waals surface area contributed by atoms with E-state index < -0.39 is 0 Å². The molecule has 0 spiro atoms. The molecule has 30 heavy (non-hydrogen) atoms. The number of furan rings is 1. The summed E-state index contributed by atoms with van der Waals surface area (Å²) in [6, 6.07) is 13.5. The van der Waals surface area contributed by atoms with Crippen LogP contribution in [0.3, 0.4) is 0 Å². The fourth-order valence-corrected chi connectivity index (χ4v) is 4.42. The van der Waals surface area contributed by atoms with E-state index in [1.54, 1.807) is 6.26 Å². The zero-order valence-electron chi connectivity index (χ0n) is 18.5. The van der Waals surface area contributed by atoms with Crippen LogP contribution in [0.2, 0.25) is 0 Å². The maximum Gasteiger partial charge on any atom is 0.206 e. The van der Waals surface area contributed by atoms with E-state index in [1.807, 2.05) is 12.1 Å². The predicted octanol–water partition coefficient (Wildman–Crippen LogP) is 3.85. The van der Waals surface area contributed by atoms with Crippen molar-refractivity contribution in [1.29, 1.82) is 0 Å². The minimum atomic E-state index is 0.168. The summed E-state index contributed by atoms with van der Waals surface area (Å²) in [4.78, 5) is 1.38. The SMILES string of the molecule is CC(C)(C)c1ccc(C[NH+](Cc2ccco2)Cc2nnnn2C2CCCCC2)cc1. The maximum atomic E-state index is 5.65. The second-order valence-corrected chi connectivity index (χ2v) is 9.64. The summed E-state index contributed by atoms with van der Waals surface area (Å²) in [5, 5.41) is 12.8. The van der Waals surface area contributed by atoms with Crippen molar-refractivity contribution in [3.63, 3.8) is 0 Å². The molecule has 0 amide bonds. The molecule has 3 aromatic rings. The summed E-state index contributed by atoms with van der Waals surface area (Å²) >= 11 is 0. The van der Waals surface area contributed by atoms with Crippen molar-refractivity contribution >= 4 is 0 Å². The number of nitrogens with one attached hydrogen (secondary N) is 1. The average Bonchev–Trinajstić information content (AvgIpc) is 3.40.